The maximum absolute atomic E-state index is 12.7. The second-order valence-electron chi connectivity index (χ2n) is 5.62. The van der Waals surface area contributed by atoms with Gasteiger partial charge >= 0.3 is 0 Å². The molecule has 3 rings (SSSR count). The molecular formula is C18H18N2OS. The normalized spacial score (nSPS) is 21.6. The number of thiocarbonyl (C=S) groups is 1. The van der Waals surface area contributed by atoms with Crippen LogP contribution in [0, 0.1) is 5.92 Å². The number of carbonyl (C=O) groups excluding carboxylic acids is 1. The summed E-state index contributed by atoms with van der Waals surface area (Å²) in [5, 5.41) is 0.312. The number of hydrogen-bond donors (Lipinski definition) is 0. The van der Waals surface area contributed by atoms with Gasteiger partial charge in [-0.15, -0.1) is 0 Å². The molecule has 1 aliphatic carbocycles. The highest BCUT2D eigenvalue weighted by molar-refractivity contribution is 7.80. The van der Waals surface area contributed by atoms with Crippen LogP contribution in [0.4, 0.5) is 5.69 Å². The number of carbonyl (C=O) groups is 1. The fraction of sp³-hybridized carbons (Fsp3) is 0.278. The number of anilines is 1. The highest BCUT2D eigenvalue weighted by Gasteiger charge is 2.34. The number of benzene rings is 1. The first-order valence-corrected chi connectivity index (χ1v) is 7.94. The van der Waals surface area contributed by atoms with E-state index >= 15 is 0 Å². The third-order valence-electron chi connectivity index (χ3n) is 4.24. The van der Waals surface area contributed by atoms with E-state index in [1.165, 1.54) is 10.5 Å². The maximum Gasteiger partial charge on any atom is 0.246 e. The molecule has 2 atom stereocenters. The number of rotatable bonds is 3. The minimum absolute atomic E-state index is 0.0353. The first-order chi connectivity index (χ1) is 10.6. The van der Waals surface area contributed by atoms with Gasteiger partial charge in [0.25, 0.3) is 0 Å². The van der Waals surface area contributed by atoms with Gasteiger partial charge in [-0.2, -0.15) is 0 Å². The van der Waals surface area contributed by atoms with Crippen LogP contribution in [-0.2, 0) is 4.79 Å². The third kappa shape index (κ3) is 2.55. The molecule has 0 saturated carbocycles. The molecule has 0 fully saturated rings. The number of nitrogens with zero attached hydrogens (tertiary/aromatic N) is 2. The van der Waals surface area contributed by atoms with Crippen LogP contribution in [0.1, 0.15) is 31.7 Å². The van der Waals surface area contributed by atoms with E-state index in [-0.39, 0.29) is 11.8 Å². The summed E-state index contributed by atoms with van der Waals surface area (Å²) in [6.45, 7) is 4.36. The van der Waals surface area contributed by atoms with Gasteiger partial charge in [0, 0.05) is 0 Å². The lowest BCUT2D eigenvalue weighted by molar-refractivity contribution is -0.118. The quantitative estimate of drug-likeness (QED) is 0.790. The van der Waals surface area contributed by atoms with Crippen molar-refractivity contribution in [1.82, 2.24) is 0 Å². The van der Waals surface area contributed by atoms with Gasteiger partial charge in [0.1, 0.15) is 0 Å². The molecule has 0 N–H and O–H groups in total. The molecule has 1 aromatic rings. The van der Waals surface area contributed by atoms with Crippen LogP contribution >= 0.6 is 12.2 Å². The van der Waals surface area contributed by atoms with Gasteiger partial charge in [-0.3, -0.25) is 9.69 Å². The Morgan fingerprint density at radius 3 is 2.68 bits per heavy atom. The number of fused-ring (bicyclic) bond motifs is 1. The zero-order valence-electron chi connectivity index (χ0n) is 12.7. The van der Waals surface area contributed by atoms with Gasteiger partial charge in [-0.1, -0.05) is 44.2 Å². The Labute approximate surface area is 136 Å². The molecule has 0 radical (unpaired) electrons. The summed E-state index contributed by atoms with van der Waals surface area (Å²) >= 11 is 5.32. The number of aliphatic imine (C=N–C) groups is 1. The molecule has 22 heavy (non-hydrogen) atoms. The van der Waals surface area contributed by atoms with Gasteiger partial charge in [-0.05, 0) is 48.3 Å². The van der Waals surface area contributed by atoms with E-state index in [0.717, 1.165) is 17.8 Å². The molecule has 1 aromatic carbocycles. The first-order valence-electron chi connectivity index (χ1n) is 7.53. The van der Waals surface area contributed by atoms with Crippen LogP contribution in [0.2, 0.25) is 0 Å². The highest BCUT2D eigenvalue weighted by atomic mass is 32.1. The maximum atomic E-state index is 12.7. The first kappa shape index (κ1) is 14.9. The number of amides is 1. The zero-order valence-corrected chi connectivity index (χ0v) is 13.5. The van der Waals surface area contributed by atoms with Crippen LogP contribution in [-0.4, -0.2) is 16.7 Å². The van der Waals surface area contributed by atoms with Gasteiger partial charge in [0.2, 0.25) is 11.0 Å². The highest BCUT2D eigenvalue weighted by Crippen LogP contribution is 2.27. The average Bonchev–Trinajstić information content (AvgIpc) is 2.55. The van der Waals surface area contributed by atoms with Crippen molar-refractivity contribution < 1.29 is 4.79 Å². The third-order valence-corrected chi connectivity index (χ3v) is 4.51. The molecule has 1 amide bonds. The van der Waals surface area contributed by atoms with Crippen molar-refractivity contribution in [1.29, 1.82) is 0 Å². The summed E-state index contributed by atoms with van der Waals surface area (Å²) in [7, 11) is 0. The van der Waals surface area contributed by atoms with E-state index < -0.39 is 0 Å². The van der Waals surface area contributed by atoms with Crippen molar-refractivity contribution in [2.75, 3.05) is 4.90 Å². The number of hydrogen-bond acceptors (Lipinski definition) is 2. The molecule has 1 heterocycles. The molecule has 0 bridgehead atoms. The Kier molecular flexibility index (Phi) is 4.03. The summed E-state index contributed by atoms with van der Waals surface area (Å²) in [6.07, 6.45) is 8.55. The molecule has 4 heteroatoms. The van der Waals surface area contributed by atoms with Crippen molar-refractivity contribution in [2.45, 2.75) is 26.2 Å². The second kappa shape index (κ2) is 5.97. The van der Waals surface area contributed by atoms with Gasteiger partial charge in [0.05, 0.1) is 17.3 Å². The van der Waals surface area contributed by atoms with E-state index in [1.807, 2.05) is 36.4 Å². The van der Waals surface area contributed by atoms with E-state index in [9.17, 15) is 4.79 Å². The van der Waals surface area contributed by atoms with E-state index in [1.54, 1.807) is 0 Å². The van der Waals surface area contributed by atoms with E-state index in [0.29, 0.717) is 11.0 Å². The monoisotopic (exact) mass is 310 g/mol. The van der Waals surface area contributed by atoms with Crippen molar-refractivity contribution in [3.63, 3.8) is 0 Å². The lowest BCUT2D eigenvalue weighted by Crippen LogP contribution is -2.46. The predicted molar refractivity (Wildman–Crippen MR) is 94.4 cm³/mol. The second-order valence-corrected chi connectivity index (χ2v) is 5.98. The van der Waals surface area contributed by atoms with Gasteiger partial charge in [-0.25, -0.2) is 4.99 Å². The Balaban J connectivity index is 1.93. The number of allylic oxidation sites excluding steroid dienone is 3. The SMILES string of the molecule is CCC(C)c1ccc(N2C(=O)C3C=CC=CC3=NC2=S)cc1. The summed E-state index contributed by atoms with van der Waals surface area (Å²) in [6, 6.07) is 8.04. The Morgan fingerprint density at radius 2 is 2.00 bits per heavy atom. The predicted octanol–water partition coefficient (Wildman–Crippen LogP) is 4.01. The molecule has 1 aliphatic heterocycles. The van der Waals surface area contributed by atoms with Crippen LogP contribution in [0.25, 0.3) is 0 Å². The summed E-state index contributed by atoms with van der Waals surface area (Å²) < 4.78 is 0. The molecule has 0 spiro atoms. The molecular weight excluding hydrogens is 292 g/mol. The zero-order chi connectivity index (χ0) is 15.7. The van der Waals surface area contributed by atoms with E-state index in [4.69, 9.17) is 12.2 Å². The van der Waals surface area contributed by atoms with Crippen molar-refractivity contribution in [3.05, 3.63) is 54.1 Å². The summed E-state index contributed by atoms with van der Waals surface area (Å²) in [5.74, 6) is 0.145. The van der Waals surface area contributed by atoms with Crippen molar-refractivity contribution >= 4 is 34.6 Å². The fourth-order valence-electron chi connectivity index (χ4n) is 2.67. The average molecular weight is 310 g/mol. The largest absolute Gasteiger partial charge is 0.273 e. The lowest BCUT2D eigenvalue weighted by atomic mass is 9.94. The molecule has 112 valence electrons. The molecule has 0 aromatic heterocycles. The minimum atomic E-state index is -0.328. The van der Waals surface area contributed by atoms with Crippen molar-refractivity contribution in [3.8, 4) is 0 Å². The molecule has 3 nitrogen and oxygen atoms in total. The summed E-state index contributed by atoms with van der Waals surface area (Å²) in [5.41, 5.74) is 2.78. The standard InChI is InChI=1S/C18H18N2OS/c1-3-12(2)13-8-10-14(11-9-13)20-17(21)15-6-4-5-7-16(15)19-18(20)22/h4-12,15H,3H2,1-2H3. The van der Waals surface area contributed by atoms with Crippen LogP contribution in [0.5, 0.6) is 0 Å². The molecule has 2 aliphatic rings. The fourth-order valence-corrected chi connectivity index (χ4v) is 2.97. The van der Waals surface area contributed by atoms with Crippen LogP contribution < -0.4 is 4.90 Å². The smallest absolute Gasteiger partial charge is 0.246 e. The Hall–Kier alpha value is -2.07. The topological polar surface area (TPSA) is 32.7 Å². The minimum Gasteiger partial charge on any atom is -0.273 e. The van der Waals surface area contributed by atoms with Crippen LogP contribution in [0.15, 0.2) is 53.6 Å². The van der Waals surface area contributed by atoms with E-state index in [2.05, 4.69) is 31.0 Å². The molecule has 0 saturated heterocycles. The van der Waals surface area contributed by atoms with Crippen LogP contribution in [0.3, 0.4) is 0 Å². The Morgan fingerprint density at radius 1 is 1.27 bits per heavy atom. The summed E-state index contributed by atoms with van der Waals surface area (Å²) in [4.78, 5) is 18.7. The van der Waals surface area contributed by atoms with Gasteiger partial charge < -0.3 is 0 Å². The lowest BCUT2D eigenvalue weighted by Gasteiger charge is -2.30. The molecule has 2 unspecified atom stereocenters. The van der Waals surface area contributed by atoms with Crippen molar-refractivity contribution in [2.24, 2.45) is 10.9 Å². The Bertz CT molecular complexity index is 700. The van der Waals surface area contributed by atoms with Gasteiger partial charge in [0.15, 0.2) is 0 Å².